The Bertz CT molecular complexity index is 782. The zero-order valence-electron chi connectivity index (χ0n) is 12.0. The van der Waals surface area contributed by atoms with Crippen LogP contribution in [-0.4, -0.2) is 44.5 Å². The Morgan fingerprint density at radius 3 is 3.00 bits per heavy atom. The van der Waals surface area contributed by atoms with Crippen molar-refractivity contribution in [3.8, 4) is 0 Å². The van der Waals surface area contributed by atoms with E-state index in [1.807, 2.05) is 0 Å². The number of aromatic nitrogens is 2. The van der Waals surface area contributed by atoms with E-state index in [2.05, 4.69) is 4.98 Å². The summed E-state index contributed by atoms with van der Waals surface area (Å²) < 4.78 is 28.5. The smallest absolute Gasteiger partial charge is 0.397 e. The fourth-order valence-electron chi connectivity index (χ4n) is 2.85. The van der Waals surface area contributed by atoms with E-state index in [4.69, 9.17) is 19.5 Å². The normalized spacial score (nSPS) is 36.6. The molecule has 126 valence electrons. The molecule has 0 spiro atoms. The van der Waals surface area contributed by atoms with Crippen molar-refractivity contribution < 1.29 is 28.3 Å². The largest absolute Gasteiger partial charge is 0.472 e. The molecule has 0 saturated carbocycles. The first-order valence-electron chi connectivity index (χ1n) is 6.66. The lowest BCUT2D eigenvalue weighted by Crippen LogP contribution is -2.39. The van der Waals surface area contributed by atoms with Gasteiger partial charge in [-0.2, -0.15) is 0 Å². The van der Waals surface area contributed by atoms with Crippen molar-refractivity contribution in [1.82, 2.24) is 15.7 Å². The van der Waals surface area contributed by atoms with Crippen LogP contribution in [0.5, 0.6) is 0 Å². The lowest BCUT2D eigenvalue weighted by atomic mass is 10.1. The van der Waals surface area contributed by atoms with Gasteiger partial charge in [0, 0.05) is 0 Å². The number of aliphatic hydroxyl groups excluding tert-OH is 1. The van der Waals surface area contributed by atoms with E-state index in [1.165, 1.54) is 6.33 Å². The van der Waals surface area contributed by atoms with Crippen LogP contribution in [0, 0.1) is 0 Å². The first-order chi connectivity index (χ1) is 10.5. The number of nitrogens with two attached hydrogens (primary N) is 1. The molecule has 1 aromatic heterocycles. The summed E-state index contributed by atoms with van der Waals surface area (Å²) in [5.74, 6) is 0. The van der Waals surface area contributed by atoms with Gasteiger partial charge in [-0.3, -0.25) is 9.05 Å². The summed E-state index contributed by atoms with van der Waals surface area (Å²) in [5, 5.41) is 10.4. The summed E-state index contributed by atoms with van der Waals surface area (Å²) in [6, 6.07) is 5.29. The number of phosphoric ester groups is 1. The maximum atomic E-state index is 11.5. The first kappa shape index (κ1) is 16.3. The van der Waals surface area contributed by atoms with Gasteiger partial charge in [0.2, 0.25) is 0 Å². The van der Waals surface area contributed by atoms with Gasteiger partial charge < -0.3 is 31.2 Å². The monoisotopic (exact) mass is 344 g/mol. The fourth-order valence-corrected chi connectivity index (χ4v) is 3.81. The number of hydrogen-bond donors (Lipinski definition) is 4. The number of fused-ring (bicyclic) bond motifs is 2. The molecule has 11 heteroatoms. The minimum absolute atomic E-state index is 0. The quantitative estimate of drug-likeness (QED) is 0.427. The molecule has 2 aliphatic heterocycles. The van der Waals surface area contributed by atoms with Gasteiger partial charge in [0.25, 0.3) is 0 Å². The van der Waals surface area contributed by atoms with Crippen LogP contribution in [0.2, 0.25) is 0 Å². The number of nitrogens with zero attached hydrogens (tertiary/aromatic N) is 2. The van der Waals surface area contributed by atoms with Crippen molar-refractivity contribution >= 4 is 24.5 Å². The van der Waals surface area contributed by atoms with Gasteiger partial charge in [0.05, 0.1) is 24.1 Å². The number of aliphatic hydroxyl groups is 1. The van der Waals surface area contributed by atoms with Crippen molar-refractivity contribution in [2.24, 2.45) is 0 Å². The van der Waals surface area contributed by atoms with Crippen molar-refractivity contribution in [2.75, 3.05) is 12.3 Å². The van der Waals surface area contributed by atoms with E-state index in [-0.39, 0.29) is 12.8 Å². The molecular formula is C12H17N4O6P. The number of ether oxygens (including phenoxy) is 1. The minimum atomic E-state index is -4.14. The molecule has 0 aliphatic carbocycles. The molecule has 7 N–H and O–H groups in total. The van der Waals surface area contributed by atoms with Crippen LogP contribution in [-0.2, 0) is 18.3 Å². The molecule has 0 bridgehead atoms. The third-order valence-corrected chi connectivity index (χ3v) is 4.86. The summed E-state index contributed by atoms with van der Waals surface area (Å²) in [5.41, 5.74) is 7.66. The Morgan fingerprint density at radius 1 is 1.43 bits per heavy atom. The predicted molar refractivity (Wildman–Crippen MR) is 79.7 cm³/mol. The van der Waals surface area contributed by atoms with Crippen LogP contribution in [0.15, 0.2) is 24.5 Å². The second kappa shape index (κ2) is 5.53. The van der Waals surface area contributed by atoms with Crippen molar-refractivity contribution in [2.45, 2.75) is 24.5 Å². The molecule has 0 radical (unpaired) electrons. The van der Waals surface area contributed by atoms with Gasteiger partial charge in [-0.1, -0.05) is 6.07 Å². The molecular weight excluding hydrogens is 327 g/mol. The Labute approximate surface area is 131 Å². The topological polar surface area (TPSA) is 164 Å². The van der Waals surface area contributed by atoms with E-state index >= 15 is 0 Å². The third kappa shape index (κ3) is 2.54. The summed E-state index contributed by atoms with van der Waals surface area (Å²) in [4.78, 5) is 13.6. The highest BCUT2D eigenvalue weighted by Crippen LogP contribution is 2.52. The number of rotatable bonds is 1. The van der Waals surface area contributed by atoms with Gasteiger partial charge in [-0.05, 0) is 12.1 Å². The lowest BCUT2D eigenvalue weighted by Gasteiger charge is -2.27. The summed E-state index contributed by atoms with van der Waals surface area (Å²) in [6.45, 7) is -0.124. The summed E-state index contributed by atoms with van der Waals surface area (Å²) >= 11 is 0. The first-order valence-corrected chi connectivity index (χ1v) is 8.16. The molecule has 0 amide bonds. The molecule has 3 heterocycles. The molecule has 10 nitrogen and oxygen atoms in total. The zero-order valence-corrected chi connectivity index (χ0v) is 12.9. The molecule has 2 aliphatic rings. The van der Waals surface area contributed by atoms with Crippen LogP contribution in [0.3, 0.4) is 0 Å². The van der Waals surface area contributed by atoms with Gasteiger partial charge >= 0.3 is 7.82 Å². The van der Waals surface area contributed by atoms with Gasteiger partial charge in [0.1, 0.15) is 23.8 Å². The number of anilines is 1. The van der Waals surface area contributed by atoms with E-state index in [0.29, 0.717) is 16.7 Å². The Hall–Kier alpha value is -1.52. The number of benzene rings is 1. The van der Waals surface area contributed by atoms with E-state index in [9.17, 15) is 14.6 Å². The predicted octanol–water partition coefficient (Wildman–Crippen LogP) is 0.555. The second-order valence-electron chi connectivity index (χ2n) is 5.26. The maximum Gasteiger partial charge on any atom is 0.472 e. The van der Waals surface area contributed by atoms with E-state index < -0.39 is 32.4 Å². The standard InChI is InChI=1S/C12H14N3O6P.H3N/c13-6-2-1-3-7-9(6)14-5-15(7)12-10(16)11-8(20-12)4-19-22(17,18)21-11;/h1-3,5,8,10-12,16H,4,13H2,(H,17,18);1H3/t8?,10?,11-,12?;/m1./s1. The minimum Gasteiger partial charge on any atom is -0.397 e. The van der Waals surface area contributed by atoms with Crippen LogP contribution in [0.25, 0.3) is 11.0 Å². The number of para-hydroxylation sites is 1. The number of phosphoric acid groups is 1. The average Bonchev–Trinajstić information content (AvgIpc) is 3.01. The van der Waals surface area contributed by atoms with E-state index in [0.717, 1.165) is 0 Å². The number of nitrogen functional groups attached to an aromatic ring is 1. The molecule has 4 rings (SSSR count). The highest BCUT2D eigenvalue weighted by molar-refractivity contribution is 7.47. The van der Waals surface area contributed by atoms with Crippen LogP contribution in [0.4, 0.5) is 5.69 Å². The zero-order chi connectivity index (χ0) is 15.5. The average molecular weight is 344 g/mol. The lowest BCUT2D eigenvalue weighted by molar-refractivity contribution is -0.0663. The van der Waals surface area contributed by atoms with Crippen molar-refractivity contribution in [3.63, 3.8) is 0 Å². The van der Waals surface area contributed by atoms with Gasteiger partial charge in [0.15, 0.2) is 6.23 Å². The molecule has 2 aromatic rings. The fraction of sp³-hybridized carbons (Fsp3) is 0.417. The number of hydrogen-bond acceptors (Lipinski definition) is 8. The number of imidazole rings is 1. The summed E-state index contributed by atoms with van der Waals surface area (Å²) in [6.07, 6.45) is -2.00. The molecule has 23 heavy (non-hydrogen) atoms. The van der Waals surface area contributed by atoms with Crippen molar-refractivity contribution in [1.29, 1.82) is 0 Å². The highest BCUT2D eigenvalue weighted by Gasteiger charge is 2.52. The molecule has 5 atom stereocenters. The SMILES string of the molecule is N.Nc1cccc2c1ncn2C1OC2COP(=O)(O)O[C@H]2C1O. The highest BCUT2D eigenvalue weighted by atomic mass is 31.2. The second-order valence-corrected chi connectivity index (χ2v) is 6.66. The Balaban J connectivity index is 0.00000156. The molecule has 2 fully saturated rings. The summed E-state index contributed by atoms with van der Waals surface area (Å²) in [7, 11) is -4.14. The Kier molecular flexibility index (Phi) is 3.93. The molecule has 1 aromatic carbocycles. The van der Waals surface area contributed by atoms with Crippen molar-refractivity contribution in [3.05, 3.63) is 24.5 Å². The van der Waals surface area contributed by atoms with Crippen LogP contribution >= 0.6 is 7.82 Å². The van der Waals surface area contributed by atoms with Gasteiger partial charge in [-0.15, -0.1) is 0 Å². The maximum absolute atomic E-state index is 11.5. The van der Waals surface area contributed by atoms with Crippen LogP contribution in [0.1, 0.15) is 6.23 Å². The third-order valence-electron chi connectivity index (χ3n) is 3.88. The Morgan fingerprint density at radius 2 is 2.22 bits per heavy atom. The van der Waals surface area contributed by atoms with E-state index in [1.54, 1.807) is 22.8 Å². The molecule has 4 unspecified atom stereocenters. The van der Waals surface area contributed by atoms with Gasteiger partial charge in [-0.25, -0.2) is 9.55 Å². The van der Waals surface area contributed by atoms with Crippen LogP contribution < -0.4 is 11.9 Å². The molecule has 2 saturated heterocycles.